The predicted molar refractivity (Wildman–Crippen MR) is 82.9 cm³/mol. The van der Waals surface area contributed by atoms with Crippen LogP contribution in [-0.4, -0.2) is 28.3 Å². The average molecular weight is 282 g/mol. The first-order valence-corrected chi connectivity index (χ1v) is 6.94. The Kier molecular flexibility index (Phi) is 3.73. The lowest BCUT2D eigenvalue weighted by molar-refractivity contribution is 0.414. The third kappa shape index (κ3) is 3.13. The molecule has 3 aromatic rings. The molecule has 0 unspecified atom stereocenters. The normalized spacial score (nSPS) is 10.8. The standard InChI is InChI=1S/C16H18N4O/c1-12-3-8-15-18-16(19-20(15)11-12)17-10-9-13-4-6-14(21-2)7-5-13/h3-8,11H,9-10H2,1-2H3,(H,17,19). The second-order valence-corrected chi connectivity index (χ2v) is 4.97. The third-order valence-corrected chi connectivity index (χ3v) is 3.33. The summed E-state index contributed by atoms with van der Waals surface area (Å²) in [6.45, 7) is 2.83. The van der Waals surface area contributed by atoms with E-state index >= 15 is 0 Å². The topological polar surface area (TPSA) is 51.5 Å². The predicted octanol–water partition coefficient (Wildman–Crippen LogP) is 2.70. The number of fused-ring (bicyclic) bond motifs is 1. The molecule has 0 spiro atoms. The molecule has 2 aromatic heterocycles. The number of ether oxygens (including phenoxy) is 1. The fourth-order valence-electron chi connectivity index (χ4n) is 2.17. The van der Waals surface area contributed by atoms with Gasteiger partial charge in [-0.2, -0.15) is 4.98 Å². The molecule has 5 nitrogen and oxygen atoms in total. The minimum atomic E-state index is 0.661. The summed E-state index contributed by atoms with van der Waals surface area (Å²) < 4.78 is 6.94. The fraction of sp³-hybridized carbons (Fsp3) is 0.250. The van der Waals surface area contributed by atoms with Crippen molar-refractivity contribution in [1.82, 2.24) is 14.6 Å². The molecule has 0 amide bonds. The molecule has 0 radical (unpaired) electrons. The number of benzene rings is 1. The summed E-state index contributed by atoms with van der Waals surface area (Å²) in [5.41, 5.74) is 3.27. The van der Waals surface area contributed by atoms with Crippen LogP contribution in [-0.2, 0) is 6.42 Å². The van der Waals surface area contributed by atoms with Gasteiger partial charge in [-0.05, 0) is 42.7 Å². The van der Waals surface area contributed by atoms with E-state index in [4.69, 9.17) is 4.74 Å². The molecule has 21 heavy (non-hydrogen) atoms. The summed E-state index contributed by atoms with van der Waals surface area (Å²) in [5.74, 6) is 1.54. The smallest absolute Gasteiger partial charge is 0.243 e. The largest absolute Gasteiger partial charge is 0.497 e. The molecular weight excluding hydrogens is 264 g/mol. The number of anilines is 1. The first-order valence-electron chi connectivity index (χ1n) is 6.94. The summed E-state index contributed by atoms with van der Waals surface area (Å²) in [6.07, 6.45) is 2.88. The number of nitrogens with one attached hydrogen (secondary N) is 1. The number of aromatic nitrogens is 3. The van der Waals surface area contributed by atoms with Crippen LogP contribution in [0.4, 0.5) is 5.95 Å². The molecule has 0 saturated heterocycles. The zero-order chi connectivity index (χ0) is 14.7. The van der Waals surface area contributed by atoms with Gasteiger partial charge in [0.25, 0.3) is 0 Å². The van der Waals surface area contributed by atoms with Crippen LogP contribution in [0.2, 0.25) is 0 Å². The summed E-state index contributed by atoms with van der Waals surface area (Å²) in [5, 5.41) is 7.66. The van der Waals surface area contributed by atoms with Crippen molar-refractivity contribution in [3.05, 3.63) is 53.7 Å². The minimum absolute atomic E-state index is 0.661. The summed E-state index contributed by atoms with van der Waals surface area (Å²) in [4.78, 5) is 4.43. The molecule has 0 aliphatic heterocycles. The number of hydrogen-bond donors (Lipinski definition) is 1. The van der Waals surface area contributed by atoms with Crippen molar-refractivity contribution >= 4 is 11.6 Å². The second kappa shape index (κ2) is 5.83. The fourth-order valence-corrected chi connectivity index (χ4v) is 2.17. The van der Waals surface area contributed by atoms with Gasteiger partial charge in [0.05, 0.1) is 7.11 Å². The first-order chi connectivity index (χ1) is 10.2. The molecule has 0 atom stereocenters. The molecule has 0 bridgehead atoms. The SMILES string of the molecule is COc1ccc(CCNc2nc3ccc(C)cn3n2)cc1. The first kappa shape index (κ1) is 13.4. The molecule has 0 fully saturated rings. The highest BCUT2D eigenvalue weighted by atomic mass is 16.5. The molecule has 1 N–H and O–H groups in total. The number of aryl methyl sites for hydroxylation is 1. The van der Waals surface area contributed by atoms with Crippen LogP contribution in [0.5, 0.6) is 5.75 Å². The van der Waals surface area contributed by atoms with Crippen LogP contribution < -0.4 is 10.1 Å². The van der Waals surface area contributed by atoms with Crippen molar-refractivity contribution < 1.29 is 4.74 Å². The van der Waals surface area contributed by atoms with Crippen molar-refractivity contribution in [2.24, 2.45) is 0 Å². The third-order valence-electron chi connectivity index (χ3n) is 3.33. The zero-order valence-corrected chi connectivity index (χ0v) is 12.2. The summed E-state index contributed by atoms with van der Waals surface area (Å²) in [6, 6.07) is 12.1. The van der Waals surface area contributed by atoms with Crippen molar-refractivity contribution in [3.8, 4) is 5.75 Å². The highest BCUT2D eigenvalue weighted by Gasteiger charge is 2.02. The van der Waals surface area contributed by atoms with Gasteiger partial charge in [0.1, 0.15) is 5.75 Å². The molecule has 5 heteroatoms. The Morgan fingerprint density at radius 1 is 1.14 bits per heavy atom. The van der Waals surface area contributed by atoms with E-state index in [2.05, 4.69) is 27.5 Å². The van der Waals surface area contributed by atoms with Crippen molar-refractivity contribution in [3.63, 3.8) is 0 Å². The van der Waals surface area contributed by atoms with Gasteiger partial charge in [0.2, 0.25) is 5.95 Å². The average Bonchev–Trinajstić information content (AvgIpc) is 2.89. The van der Waals surface area contributed by atoms with Gasteiger partial charge in [-0.1, -0.05) is 18.2 Å². The van der Waals surface area contributed by atoms with Gasteiger partial charge in [-0.25, -0.2) is 4.52 Å². The Labute approximate surface area is 123 Å². The second-order valence-electron chi connectivity index (χ2n) is 4.97. The summed E-state index contributed by atoms with van der Waals surface area (Å²) in [7, 11) is 1.67. The number of hydrogen-bond acceptors (Lipinski definition) is 4. The van der Waals surface area contributed by atoms with Crippen LogP contribution in [0.1, 0.15) is 11.1 Å². The van der Waals surface area contributed by atoms with Gasteiger partial charge < -0.3 is 10.1 Å². The van der Waals surface area contributed by atoms with Crippen molar-refractivity contribution in [2.45, 2.75) is 13.3 Å². The monoisotopic (exact) mass is 282 g/mol. The molecular formula is C16H18N4O. The maximum atomic E-state index is 5.15. The zero-order valence-electron chi connectivity index (χ0n) is 12.2. The molecule has 0 aliphatic carbocycles. The number of nitrogens with zero attached hydrogens (tertiary/aromatic N) is 3. The van der Waals surface area contributed by atoms with Crippen molar-refractivity contribution in [2.75, 3.05) is 19.0 Å². The van der Waals surface area contributed by atoms with Crippen LogP contribution >= 0.6 is 0 Å². The maximum Gasteiger partial charge on any atom is 0.243 e. The Bertz CT molecular complexity index is 734. The highest BCUT2D eigenvalue weighted by Crippen LogP contribution is 2.12. The molecule has 1 aromatic carbocycles. The highest BCUT2D eigenvalue weighted by molar-refractivity contribution is 5.44. The van der Waals surface area contributed by atoms with E-state index in [1.54, 1.807) is 11.6 Å². The van der Waals surface area contributed by atoms with E-state index in [1.807, 2.05) is 37.4 Å². The van der Waals surface area contributed by atoms with Gasteiger partial charge >= 0.3 is 0 Å². The Morgan fingerprint density at radius 2 is 1.95 bits per heavy atom. The number of methoxy groups -OCH3 is 1. The van der Waals surface area contributed by atoms with E-state index in [0.717, 1.165) is 29.9 Å². The minimum Gasteiger partial charge on any atom is -0.497 e. The lowest BCUT2D eigenvalue weighted by Crippen LogP contribution is -2.06. The van der Waals surface area contributed by atoms with Crippen LogP contribution in [0, 0.1) is 6.92 Å². The Morgan fingerprint density at radius 3 is 2.71 bits per heavy atom. The van der Waals surface area contributed by atoms with Crippen LogP contribution in [0.3, 0.4) is 0 Å². The van der Waals surface area contributed by atoms with E-state index in [0.29, 0.717) is 5.95 Å². The van der Waals surface area contributed by atoms with Gasteiger partial charge in [0, 0.05) is 12.7 Å². The van der Waals surface area contributed by atoms with Gasteiger partial charge in [-0.3, -0.25) is 0 Å². The molecule has 108 valence electrons. The molecule has 2 heterocycles. The Balaban J connectivity index is 1.60. The maximum absolute atomic E-state index is 5.15. The van der Waals surface area contributed by atoms with E-state index in [-0.39, 0.29) is 0 Å². The quantitative estimate of drug-likeness (QED) is 0.781. The summed E-state index contributed by atoms with van der Waals surface area (Å²) >= 11 is 0. The van der Waals surface area contributed by atoms with Crippen LogP contribution in [0.15, 0.2) is 42.6 Å². The van der Waals surface area contributed by atoms with Crippen LogP contribution in [0.25, 0.3) is 5.65 Å². The molecule has 0 saturated carbocycles. The van der Waals surface area contributed by atoms with E-state index in [9.17, 15) is 0 Å². The number of pyridine rings is 1. The molecule has 0 aliphatic rings. The van der Waals surface area contributed by atoms with Gasteiger partial charge in [0.15, 0.2) is 5.65 Å². The molecule has 3 rings (SSSR count). The van der Waals surface area contributed by atoms with E-state index < -0.39 is 0 Å². The van der Waals surface area contributed by atoms with E-state index in [1.165, 1.54) is 5.56 Å². The van der Waals surface area contributed by atoms with Gasteiger partial charge in [-0.15, -0.1) is 5.10 Å². The number of rotatable bonds is 5. The van der Waals surface area contributed by atoms with Crippen molar-refractivity contribution in [1.29, 1.82) is 0 Å². The lowest BCUT2D eigenvalue weighted by atomic mass is 10.1. The lowest BCUT2D eigenvalue weighted by Gasteiger charge is -2.04. The Hall–Kier alpha value is -2.56.